The molecule has 0 aliphatic rings. The number of aromatic carboxylic acids is 1. The number of ether oxygens (including phenoxy) is 2. The summed E-state index contributed by atoms with van der Waals surface area (Å²) in [6.45, 7) is 0. The summed E-state index contributed by atoms with van der Waals surface area (Å²) in [7, 11) is 3.07. The number of carbonyl (C=O) groups excluding carboxylic acids is 2. The molecule has 4 aromatic rings. The number of hydrogen-bond donors (Lipinski definition) is 3. The van der Waals surface area contributed by atoms with E-state index in [1.165, 1.54) is 24.9 Å². The topological polar surface area (TPSA) is 114 Å². The van der Waals surface area contributed by atoms with Crippen LogP contribution in [0, 0.1) is 0 Å². The molecule has 0 radical (unpaired) electrons. The zero-order valence-corrected chi connectivity index (χ0v) is 20.9. The Morgan fingerprint density at radius 2 is 1.54 bits per heavy atom. The van der Waals surface area contributed by atoms with E-state index in [1.54, 1.807) is 79.9 Å². The van der Waals surface area contributed by atoms with Crippen LogP contribution in [0.2, 0.25) is 0 Å². The second-order valence-electron chi connectivity index (χ2n) is 7.90. The lowest BCUT2D eigenvalue weighted by molar-refractivity contribution is -0.113. The Bertz CT molecular complexity index is 1460. The van der Waals surface area contributed by atoms with Crippen LogP contribution in [0.25, 0.3) is 10.8 Å². The number of amides is 2. The normalized spacial score (nSPS) is 10.5. The van der Waals surface area contributed by atoms with Crippen LogP contribution in [-0.4, -0.2) is 42.9 Å². The predicted octanol–water partition coefficient (Wildman–Crippen LogP) is 5.54. The fourth-order valence-corrected chi connectivity index (χ4v) is 4.49. The van der Waals surface area contributed by atoms with E-state index in [4.69, 9.17) is 9.47 Å². The molecule has 9 heteroatoms. The molecule has 0 heterocycles. The molecule has 4 rings (SSSR count). The van der Waals surface area contributed by atoms with Crippen molar-refractivity contribution in [3.63, 3.8) is 0 Å². The van der Waals surface area contributed by atoms with Crippen molar-refractivity contribution in [3.8, 4) is 11.5 Å². The van der Waals surface area contributed by atoms with E-state index < -0.39 is 11.9 Å². The first-order valence-electron chi connectivity index (χ1n) is 11.2. The number of benzene rings is 4. The van der Waals surface area contributed by atoms with Gasteiger partial charge in [-0.05, 0) is 53.9 Å². The zero-order chi connectivity index (χ0) is 26.4. The number of carboxylic acids is 1. The van der Waals surface area contributed by atoms with E-state index in [-0.39, 0.29) is 22.8 Å². The maximum Gasteiger partial charge on any atom is 0.336 e. The molecular weight excluding hydrogens is 492 g/mol. The van der Waals surface area contributed by atoms with Gasteiger partial charge in [0.25, 0.3) is 5.91 Å². The Kier molecular flexibility index (Phi) is 7.95. The van der Waals surface area contributed by atoms with Gasteiger partial charge >= 0.3 is 5.97 Å². The molecule has 0 atom stereocenters. The van der Waals surface area contributed by atoms with Gasteiger partial charge in [-0.25, -0.2) is 4.79 Å². The standard InChI is InChI=1S/C28H24N2O6S/c1-35-19-11-14-24(36-2)23(15-19)30-25(31)16-37-20-12-9-18(10-13-20)29-27(32)21-7-3-5-17-6-4-8-22(26(17)21)28(33)34/h3-15H,16H2,1-2H3,(H,29,32)(H,30,31)(H,33,34). The van der Waals surface area contributed by atoms with Gasteiger partial charge in [0.05, 0.1) is 31.2 Å². The van der Waals surface area contributed by atoms with E-state index in [9.17, 15) is 19.5 Å². The molecule has 188 valence electrons. The summed E-state index contributed by atoms with van der Waals surface area (Å²) in [6.07, 6.45) is 0. The quantitative estimate of drug-likeness (QED) is 0.250. The monoisotopic (exact) mass is 516 g/mol. The number of rotatable bonds is 9. The number of anilines is 2. The number of fused-ring (bicyclic) bond motifs is 1. The SMILES string of the molecule is COc1ccc(OC)c(NC(=O)CSc2ccc(NC(=O)c3cccc4cccc(C(=O)O)c34)cc2)c1. The van der Waals surface area contributed by atoms with E-state index >= 15 is 0 Å². The summed E-state index contributed by atoms with van der Waals surface area (Å²) in [5.74, 6) is -0.420. The minimum atomic E-state index is -1.10. The van der Waals surface area contributed by atoms with E-state index in [0.29, 0.717) is 33.6 Å². The van der Waals surface area contributed by atoms with E-state index in [1.807, 2.05) is 0 Å². The van der Waals surface area contributed by atoms with Crippen molar-refractivity contribution in [2.75, 3.05) is 30.6 Å². The van der Waals surface area contributed by atoms with E-state index in [2.05, 4.69) is 10.6 Å². The third kappa shape index (κ3) is 6.02. The number of hydrogen-bond acceptors (Lipinski definition) is 6. The molecule has 0 bridgehead atoms. The molecule has 2 amide bonds. The Morgan fingerprint density at radius 1 is 0.838 bits per heavy atom. The summed E-state index contributed by atoms with van der Waals surface area (Å²) in [6, 6.07) is 22.2. The van der Waals surface area contributed by atoms with Gasteiger partial charge < -0.3 is 25.2 Å². The van der Waals surface area contributed by atoms with Crippen LogP contribution >= 0.6 is 11.8 Å². The summed E-state index contributed by atoms with van der Waals surface area (Å²) < 4.78 is 10.5. The molecule has 0 unspecified atom stereocenters. The summed E-state index contributed by atoms with van der Waals surface area (Å²) in [5.41, 5.74) is 1.41. The highest BCUT2D eigenvalue weighted by Gasteiger charge is 2.17. The molecule has 4 aromatic carbocycles. The van der Waals surface area contributed by atoms with Crippen LogP contribution in [0.1, 0.15) is 20.7 Å². The Balaban J connectivity index is 1.40. The fourth-order valence-electron chi connectivity index (χ4n) is 3.79. The van der Waals surface area contributed by atoms with Crippen molar-refractivity contribution < 1.29 is 29.0 Å². The number of carboxylic acid groups (broad SMARTS) is 1. The summed E-state index contributed by atoms with van der Waals surface area (Å²) in [4.78, 5) is 38.0. The van der Waals surface area contributed by atoms with Crippen molar-refractivity contribution in [3.05, 3.63) is 90.0 Å². The second-order valence-corrected chi connectivity index (χ2v) is 8.94. The molecule has 3 N–H and O–H groups in total. The highest BCUT2D eigenvalue weighted by molar-refractivity contribution is 8.00. The third-order valence-corrected chi connectivity index (χ3v) is 6.55. The molecule has 0 aliphatic carbocycles. The van der Waals surface area contributed by atoms with Gasteiger partial charge in [-0.2, -0.15) is 0 Å². The first-order chi connectivity index (χ1) is 17.9. The first-order valence-corrected chi connectivity index (χ1v) is 12.2. The highest BCUT2D eigenvalue weighted by atomic mass is 32.2. The minimum Gasteiger partial charge on any atom is -0.497 e. The molecule has 0 saturated carbocycles. The highest BCUT2D eigenvalue weighted by Crippen LogP contribution is 2.30. The molecule has 0 spiro atoms. The van der Waals surface area contributed by atoms with Gasteiger partial charge in [-0.3, -0.25) is 9.59 Å². The molecule has 0 aliphatic heterocycles. The van der Waals surface area contributed by atoms with Crippen molar-refractivity contribution >= 4 is 51.7 Å². The van der Waals surface area contributed by atoms with Gasteiger partial charge in [-0.1, -0.05) is 24.3 Å². The Labute approximate surface area is 217 Å². The Morgan fingerprint density at radius 3 is 2.19 bits per heavy atom. The predicted molar refractivity (Wildman–Crippen MR) is 144 cm³/mol. The van der Waals surface area contributed by atoms with Crippen LogP contribution < -0.4 is 20.1 Å². The number of carbonyl (C=O) groups is 3. The third-order valence-electron chi connectivity index (χ3n) is 5.54. The average Bonchev–Trinajstić information content (AvgIpc) is 2.91. The van der Waals surface area contributed by atoms with Crippen LogP contribution in [0.15, 0.2) is 83.8 Å². The van der Waals surface area contributed by atoms with Gasteiger partial charge in [0.1, 0.15) is 11.5 Å². The van der Waals surface area contributed by atoms with Gasteiger partial charge in [0.2, 0.25) is 5.91 Å². The first kappa shape index (κ1) is 25.6. The maximum absolute atomic E-state index is 13.0. The van der Waals surface area contributed by atoms with Crippen LogP contribution in [0.5, 0.6) is 11.5 Å². The molecular formula is C28H24N2O6S. The van der Waals surface area contributed by atoms with Crippen molar-refractivity contribution in [2.24, 2.45) is 0 Å². The lowest BCUT2D eigenvalue weighted by Gasteiger charge is -2.12. The van der Waals surface area contributed by atoms with Crippen molar-refractivity contribution in [2.45, 2.75) is 4.90 Å². The molecule has 0 aromatic heterocycles. The summed E-state index contributed by atoms with van der Waals surface area (Å²) >= 11 is 1.34. The molecule has 0 fully saturated rings. The van der Waals surface area contributed by atoms with Gasteiger partial charge in [0, 0.05) is 27.6 Å². The van der Waals surface area contributed by atoms with Crippen molar-refractivity contribution in [1.29, 1.82) is 0 Å². The lowest BCUT2D eigenvalue weighted by atomic mass is 9.98. The minimum absolute atomic E-state index is 0.0693. The summed E-state index contributed by atoms with van der Waals surface area (Å²) in [5, 5.41) is 16.3. The molecule has 37 heavy (non-hydrogen) atoms. The number of nitrogens with one attached hydrogen (secondary N) is 2. The number of thioether (sulfide) groups is 1. The molecule has 0 saturated heterocycles. The number of methoxy groups -OCH3 is 2. The largest absolute Gasteiger partial charge is 0.497 e. The average molecular weight is 517 g/mol. The smallest absolute Gasteiger partial charge is 0.336 e. The zero-order valence-electron chi connectivity index (χ0n) is 20.1. The lowest BCUT2D eigenvalue weighted by Crippen LogP contribution is -2.15. The van der Waals surface area contributed by atoms with Crippen molar-refractivity contribution in [1.82, 2.24) is 0 Å². The van der Waals surface area contributed by atoms with E-state index in [0.717, 1.165) is 4.90 Å². The van der Waals surface area contributed by atoms with Gasteiger partial charge in [-0.15, -0.1) is 11.8 Å². The van der Waals surface area contributed by atoms with Gasteiger partial charge in [0.15, 0.2) is 0 Å². The Hall–Kier alpha value is -4.50. The van der Waals surface area contributed by atoms with Crippen LogP contribution in [0.3, 0.4) is 0 Å². The second kappa shape index (κ2) is 11.5. The molecule has 8 nitrogen and oxygen atoms in total. The maximum atomic E-state index is 13.0. The fraction of sp³-hybridized carbons (Fsp3) is 0.107. The van der Waals surface area contributed by atoms with Crippen LogP contribution in [-0.2, 0) is 4.79 Å². The van der Waals surface area contributed by atoms with Crippen LogP contribution in [0.4, 0.5) is 11.4 Å².